The topological polar surface area (TPSA) is 79.7 Å². The van der Waals surface area contributed by atoms with Crippen LogP contribution in [0.15, 0.2) is 35.2 Å². The maximum Gasteiger partial charge on any atom is 0.255 e. The second-order valence-corrected chi connectivity index (χ2v) is 9.24. The number of hydrogen-bond donors (Lipinski definition) is 0. The molecule has 156 valence electrons. The number of carbonyl (C=O) groups is 2. The molecular weight excluding hydrogens is 390 g/mol. The fraction of sp³-hybridized carbons (Fsp3) is 0.429. The lowest BCUT2D eigenvalue weighted by Gasteiger charge is -2.34. The van der Waals surface area contributed by atoms with Crippen molar-refractivity contribution in [2.45, 2.75) is 39.1 Å². The molecule has 0 spiro atoms. The van der Waals surface area contributed by atoms with Crippen molar-refractivity contribution in [2.24, 2.45) is 0 Å². The van der Waals surface area contributed by atoms with E-state index in [2.05, 4.69) is 4.57 Å². The number of carbonyl (C=O) groups excluding carboxylic acids is 2. The highest BCUT2D eigenvalue weighted by Crippen LogP contribution is 2.21. The maximum atomic E-state index is 12.9. The molecule has 1 saturated heterocycles. The molecule has 1 amide bonds. The number of amides is 1. The van der Waals surface area contributed by atoms with Gasteiger partial charge >= 0.3 is 0 Å². The summed E-state index contributed by atoms with van der Waals surface area (Å²) in [6.07, 6.45) is 0. The SMILES string of the molecule is CCn1c(C)cc(C(=O)N2CCN(S(=O)(=O)c3ccc(C(C)=O)cc3)CC2)c1C. The predicted molar refractivity (Wildman–Crippen MR) is 111 cm³/mol. The molecule has 2 heterocycles. The molecule has 0 bridgehead atoms. The average Bonchev–Trinajstić information content (AvgIpc) is 3.00. The zero-order valence-electron chi connectivity index (χ0n) is 17.3. The van der Waals surface area contributed by atoms with Gasteiger partial charge in [0.2, 0.25) is 10.0 Å². The highest BCUT2D eigenvalue weighted by molar-refractivity contribution is 7.89. The van der Waals surface area contributed by atoms with Gasteiger partial charge < -0.3 is 9.47 Å². The summed E-state index contributed by atoms with van der Waals surface area (Å²) >= 11 is 0. The molecule has 1 aromatic carbocycles. The number of aromatic nitrogens is 1. The molecule has 8 heteroatoms. The van der Waals surface area contributed by atoms with E-state index in [0.717, 1.165) is 17.9 Å². The van der Waals surface area contributed by atoms with E-state index in [-0.39, 0.29) is 29.7 Å². The Morgan fingerprint density at radius 3 is 2.07 bits per heavy atom. The lowest BCUT2D eigenvalue weighted by molar-refractivity contribution is 0.0697. The Labute approximate surface area is 172 Å². The second kappa shape index (κ2) is 8.12. The number of hydrogen-bond acceptors (Lipinski definition) is 4. The van der Waals surface area contributed by atoms with Crippen LogP contribution in [0.4, 0.5) is 0 Å². The van der Waals surface area contributed by atoms with Crippen molar-refractivity contribution in [3.05, 3.63) is 52.8 Å². The third-order valence-corrected chi connectivity index (χ3v) is 7.46. The molecule has 0 aliphatic carbocycles. The number of benzene rings is 1. The van der Waals surface area contributed by atoms with Gasteiger partial charge in [-0.1, -0.05) is 12.1 Å². The molecule has 1 fully saturated rings. The summed E-state index contributed by atoms with van der Waals surface area (Å²) in [5, 5.41) is 0. The summed E-state index contributed by atoms with van der Waals surface area (Å²) in [6.45, 7) is 9.39. The molecule has 1 aliphatic heterocycles. The summed E-state index contributed by atoms with van der Waals surface area (Å²) in [5.41, 5.74) is 3.14. The molecule has 7 nitrogen and oxygen atoms in total. The van der Waals surface area contributed by atoms with Gasteiger partial charge in [-0.3, -0.25) is 9.59 Å². The van der Waals surface area contributed by atoms with E-state index < -0.39 is 10.0 Å². The van der Waals surface area contributed by atoms with Crippen LogP contribution in [0.1, 0.15) is 46.0 Å². The minimum atomic E-state index is -3.65. The zero-order chi connectivity index (χ0) is 21.3. The number of Topliss-reactive ketones (excluding diaryl/α,β-unsaturated/α-hetero) is 1. The van der Waals surface area contributed by atoms with Crippen molar-refractivity contribution in [3.63, 3.8) is 0 Å². The molecule has 0 N–H and O–H groups in total. The normalized spacial score (nSPS) is 15.5. The van der Waals surface area contributed by atoms with Gasteiger partial charge in [0.25, 0.3) is 5.91 Å². The number of piperazine rings is 1. The van der Waals surface area contributed by atoms with E-state index >= 15 is 0 Å². The lowest BCUT2D eigenvalue weighted by atomic mass is 10.2. The molecule has 0 saturated carbocycles. The number of aryl methyl sites for hydroxylation is 1. The Morgan fingerprint density at radius 1 is 1.00 bits per heavy atom. The maximum absolute atomic E-state index is 12.9. The Balaban J connectivity index is 1.71. The van der Waals surface area contributed by atoms with Gasteiger partial charge in [0.15, 0.2) is 5.78 Å². The molecule has 0 radical (unpaired) electrons. The molecule has 1 aliphatic rings. The number of ketones is 1. The molecule has 0 atom stereocenters. The molecule has 3 rings (SSSR count). The minimum absolute atomic E-state index is 0.0549. The van der Waals surface area contributed by atoms with Gasteiger partial charge in [-0.25, -0.2) is 8.42 Å². The summed E-state index contributed by atoms with van der Waals surface area (Å²) in [5.74, 6) is -0.163. The van der Waals surface area contributed by atoms with Crippen LogP contribution in [0, 0.1) is 13.8 Å². The minimum Gasteiger partial charge on any atom is -0.349 e. The fourth-order valence-corrected chi connectivity index (χ4v) is 5.24. The first-order valence-corrected chi connectivity index (χ1v) is 11.2. The van der Waals surface area contributed by atoms with Crippen LogP contribution in [0.3, 0.4) is 0 Å². The first-order valence-electron chi connectivity index (χ1n) is 9.74. The van der Waals surface area contributed by atoms with Gasteiger partial charge in [0.05, 0.1) is 10.5 Å². The second-order valence-electron chi connectivity index (χ2n) is 7.31. The smallest absolute Gasteiger partial charge is 0.255 e. The molecular formula is C21H27N3O4S. The van der Waals surface area contributed by atoms with E-state index in [1.54, 1.807) is 4.90 Å². The Bertz CT molecular complexity index is 1030. The molecule has 1 aromatic heterocycles. The van der Waals surface area contributed by atoms with Crippen LogP contribution in [0.2, 0.25) is 0 Å². The largest absolute Gasteiger partial charge is 0.349 e. The van der Waals surface area contributed by atoms with E-state index in [4.69, 9.17) is 0 Å². The monoisotopic (exact) mass is 417 g/mol. The first-order chi connectivity index (χ1) is 13.7. The summed E-state index contributed by atoms with van der Waals surface area (Å²) in [4.78, 5) is 26.2. The van der Waals surface area contributed by atoms with Crippen molar-refractivity contribution in [1.29, 1.82) is 0 Å². The number of sulfonamides is 1. The van der Waals surface area contributed by atoms with Gasteiger partial charge in [-0.15, -0.1) is 0 Å². The van der Waals surface area contributed by atoms with Gasteiger partial charge in [0.1, 0.15) is 0 Å². The lowest BCUT2D eigenvalue weighted by Crippen LogP contribution is -2.50. The van der Waals surface area contributed by atoms with Crippen LogP contribution in [-0.2, 0) is 16.6 Å². The van der Waals surface area contributed by atoms with Crippen LogP contribution < -0.4 is 0 Å². The Hall–Kier alpha value is -2.45. The quantitative estimate of drug-likeness (QED) is 0.700. The van der Waals surface area contributed by atoms with Crippen LogP contribution in [-0.4, -0.2) is 60.1 Å². The molecule has 0 unspecified atom stereocenters. The Kier molecular flexibility index (Phi) is 5.95. The Morgan fingerprint density at radius 2 is 1.59 bits per heavy atom. The van der Waals surface area contributed by atoms with Crippen LogP contribution >= 0.6 is 0 Å². The molecule has 29 heavy (non-hydrogen) atoms. The van der Waals surface area contributed by atoms with Crippen molar-refractivity contribution >= 4 is 21.7 Å². The standard InChI is InChI=1S/C21H27N3O4S/c1-5-24-15(2)14-20(16(24)3)21(26)22-10-12-23(13-11-22)29(27,28)19-8-6-18(7-9-19)17(4)25/h6-9,14H,5,10-13H2,1-4H3. The number of rotatable bonds is 5. The highest BCUT2D eigenvalue weighted by atomic mass is 32.2. The summed E-state index contributed by atoms with van der Waals surface area (Å²) < 4.78 is 29.3. The summed E-state index contributed by atoms with van der Waals surface area (Å²) in [6, 6.07) is 7.88. The van der Waals surface area contributed by atoms with Crippen LogP contribution in [0.5, 0.6) is 0 Å². The van der Waals surface area contributed by atoms with Crippen molar-refractivity contribution in [3.8, 4) is 0 Å². The van der Waals surface area contributed by atoms with Gasteiger partial charge in [-0.2, -0.15) is 4.31 Å². The predicted octanol–water partition coefficient (Wildman–Crippen LogP) is 2.47. The third-order valence-electron chi connectivity index (χ3n) is 5.54. The van der Waals surface area contributed by atoms with Crippen molar-refractivity contribution < 1.29 is 18.0 Å². The van der Waals surface area contributed by atoms with E-state index in [0.29, 0.717) is 24.2 Å². The van der Waals surface area contributed by atoms with E-state index in [1.165, 1.54) is 35.5 Å². The van der Waals surface area contributed by atoms with Crippen molar-refractivity contribution in [2.75, 3.05) is 26.2 Å². The van der Waals surface area contributed by atoms with Crippen LogP contribution in [0.25, 0.3) is 0 Å². The molecule has 2 aromatic rings. The van der Waals surface area contributed by atoms with Gasteiger partial charge in [-0.05, 0) is 45.9 Å². The first kappa shape index (κ1) is 21.3. The van der Waals surface area contributed by atoms with E-state index in [1.807, 2.05) is 26.8 Å². The third kappa shape index (κ3) is 4.00. The van der Waals surface area contributed by atoms with Crippen molar-refractivity contribution in [1.82, 2.24) is 13.8 Å². The average molecular weight is 418 g/mol. The summed E-state index contributed by atoms with van der Waals surface area (Å²) in [7, 11) is -3.65. The fourth-order valence-electron chi connectivity index (χ4n) is 3.82. The van der Waals surface area contributed by atoms with E-state index in [9.17, 15) is 18.0 Å². The van der Waals surface area contributed by atoms with Gasteiger partial charge in [0, 0.05) is 49.7 Å². The number of nitrogens with zero attached hydrogens (tertiary/aromatic N) is 3. The zero-order valence-corrected chi connectivity index (χ0v) is 18.1. The highest BCUT2D eigenvalue weighted by Gasteiger charge is 2.31.